The number of hydrogen-bond donors (Lipinski definition) is 1. The summed E-state index contributed by atoms with van der Waals surface area (Å²) in [4.78, 5) is 21.4. The largest absolute Gasteiger partial charge is 0.481 e. The highest BCUT2D eigenvalue weighted by atomic mass is 19.4. The van der Waals surface area contributed by atoms with Gasteiger partial charge in [-0.1, -0.05) is 6.07 Å². The molecule has 0 aliphatic rings. The second-order valence-electron chi connectivity index (χ2n) is 3.16. The number of halogens is 4. The van der Waals surface area contributed by atoms with Crippen LogP contribution in [-0.4, -0.2) is 16.9 Å². The van der Waals surface area contributed by atoms with Gasteiger partial charge in [-0.25, -0.2) is 4.39 Å². The second-order valence-corrected chi connectivity index (χ2v) is 3.16. The van der Waals surface area contributed by atoms with Crippen molar-refractivity contribution in [1.29, 1.82) is 0 Å². The first kappa shape index (κ1) is 13.1. The minimum Gasteiger partial charge on any atom is -0.481 e. The lowest BCUT2D eigenvalue weighted by Crippen LogP contribution is -2.14. The number of ketones is 1. The molecule has 0 amide bonds. The van der Waals surface area contributed by atoms with Crippen molar-refractivity contribution in [3.8, 4) is 0 Å². The Morgan fingerprint density at radius 2 is 1.82 bits per heavy atom. The Bertz CT molecular complexity index is 465. The van der Waals surface area contributed by atoms with Crippen molar-refractivity contribution < 1.29 is 32.3 Å². The lowest BCUT2D eigenvalue weighted by Gasteiger charge is -2.09. The maximum absolute atomic E-state index is 13.3. The van der Waals surface area contributed by atoms with Gasteiger partial charge in [-0.05, 0) is 12.1 Å². The molecule has 0 spiro atoms. The van der Waals surface area contributed by atoms with Crippen molar-refractivity contribution in [3.05, 3.63) is 35.1 Å². The van der Waals surface area contributed by atoms with Gasteiger partial charge >= 0.3 is 12.1 Å². The topological polar surface area (TPSA) is 54.4 Å². The molecule has 0 aromatic heterocycles. The van der Waals surface area contributed by atoms with Crippen molar-refractivity contribution >= 4 is 11.8 Å². The molecule has 0 bridgehead atoms. The summed E-state index contributed by atoms with van der Waals surface area (Å²) >= 11 is 0. The summed E-state index contributed by atoms with van der Waals surface area (Å²) in [5.74, 6) is -4.49. The molecule has 0 saturated carbocycles. The first-order valence-corrected chi connectivity index (χ1v) is 4.34. The van der Waals surface area contributed by atoms with Crippen LogP contribution in [0.2, 0.25) is 0 Å². The number of carbonyl (C=O) groups excluding carboxylic acids is 1. The minimum absolute atomic E-state index is 0.479. The summed E-state index contributed by atoms with van der Waals surface area (Å²) in [6.07, 6.45) is -5.98. The van der Waals surface area contributed by atoms with Gasteiger partial charge in [-0.2, -0.15) is 13.2 Å². The number of Topliss-reactive ketones (excluding diaryl/α,β-unsaturated/α-hetero) is 1. The first-order valence-electron chi connectivity index (χ1n) is 4.34. The zero-order valence-corrected chi connectivity index (χ0v) is 8.21. The van der Waals surface area contributed by atoms with Crippen LogP contribution in [0.25, 0.3) is 0 Å². The van der Waals surface area contributed by atoms with Gasteiger partial charge in [-0.3, -0.25) is 9.59 Å². The third kappa shape index (κ3) is 3.02. The van der Waals surface area contributed by atoms with E-state index in [0.717, 1.165) is 12.1 Å². The van der Waals surface area contributed by atoms with E-state index in [4.69, 9.17) is 5.11 Å². The van der Waals surface area contributed by atoms with E-state index in [2.05, 4.69) is 0 Å². The number of hydrogen-bond acceptors (Lipinski definition) is 2. The zero-order valence-electron chi connectivity index (χ0n) is 8.21. The molecule has 0 radical (unpaired) electrons. The number of benzene rings is 1. The summed E-state index contributed by atoms with van der Waals surface area (Å²) in [5.41, 5.74) is -2.46. The van der Waals surface area contributed by atoms with Gasteiger partial charge in [0.25, 0.3) is 0 Å². The first-order chi connectivity index (χ1) is 7.73. The smallest absolute Gasteiger partial charge is 0.419 e. The van der Waals surface area contributed by atoms with E-state index >= 15 is 0 Å². The molecule has 0 atom stereocenters. The van der Waals surface area contributed by atoms with Crippen LogP contribution in [0, 0.1) is 5.82 Å². The van der Waals surface area contributed by atoms with Gasteiger partial charge in [0, 0.05) is 0 Å². The standard InChI is InChI=1S/C10H6F4O3/c11-9-5(7(15)4-8(16)17)2-1-3-6(9)10(12,13)14/h1-3H,4H2,(H,16,17). The van der Waals surface area contributed by atoms with Crippen LogP contribution in [0.3, 0.4) is 0 Å². The summed E-state index contributed by atoms with van der Waals surface area (Å²) in [6, 6.07) is 2.14. The van der Waals surface area contributed by atoms with E-state index in [1.165, 1.54) is 0 Å². The molecule has 1 aromatic rings. The van der Waals surface area contributed by atoms with E-state index in [0.29, 0.717) is 6.07 Å². The van der Waals surface area contributed by atoms with Crippen LogP contribution in [-0.2, 0) is 11.0 Å². The van der Waals surface area contributed by atoms with E-state index in [1.807, 2.05) is 0 Å². The summed E-state index contributed by atoms with van der Waals surface area (Å²) < 4.78 is 50.2. The average Bonchev–Trinajstić information content (AvgIpc) is 2.14. The Kier molecular flexibility index (Phi) is 3.50. The van der Waals surface area contributed by atoms with Gasteiger partial charge in [0.15, 0.2) is 5.78 Å². The molecule has 0 aliphatic carbocycles. The molecular formula is C10H6F4O3. The number of rotatable bonds is 3. The van der Waals surface area contributed by atoms with Crippen molar-refractivity contribution in [1.82, 2.24) is 0 Å². The zero-order chi connectivity index (χ0) is 13.2. The number of aliphatic carboxylic acids is 1. The lowest BCUT2D eigenvalue weighted by atomic mass is 10.0. The number of carboxylic acids is 1. The van der Waals surface area contributed by atoms with Gasteiger partial charge in [0.05, 0.1) is 11.1 Å². The predicted octanol–water partition coefficient (Wildman–Crippen LogP) is 2.50. The Hall–Kier alpha value is -1.92. The van der Waals surface area contributed by atoms with Crippen molar-refractivity contribution in [3.63, 3.8) is 0 Å². The Morgan fingerprint density at radius 3 is 2.29 bits per heavy atom. The average molecular weight is 250 g/mol. The number of carboxylic acid groups (broad SMARTS) is 1. The van der Waals surface area contributed by atoms with Crippen LogP contribution >= 0.6 is 0 Å². The van der Waals surface area contributed by atoms with Gasteiger partial charge < -0.3 is 5.11 Å². The second kappa shape index (κ2) is 4.52. The highest BCUT2D eigenvalue weighted by molar-refractivity contribution is 6.05. The third-order valence-electron chi connectivity index (χ3n) is 1.92. The fourth-order valence-electron chi connectivity index (χ4n) is 1.20. The van der Waals surface area contributed by atoms with Crippen LogP contribution in [0.5, 0.6) is 0 Å². The molecule has 0 unspecified atom stereocenters. The molecule has 1 N–H and O–H groups in total. The number of alkyl halides is 3. The number of carbonyl (C=O) groups is 2. The highest BCUT2D eigenvalue weighted by Crippen LogP contribution is 2.32. The van der Waals surface area contributed by atoms with Crippen molar-refractivity contribution in [2.75, 3.05) is 0 Å². The Balaban J connectivity index is 3.20. The molecule has 0 saturated heterocycles. The maximum Gasteiger partial charge on any atom is 0.419 e. The molecule has 1 rings (SSSR count). The van der Waals surface area contributed by atoms with Crippen LogP contribution < -0.4 is 0 Å². The Labute approximate surface area is 92.7 Å². The fraction of sp³-hybridized carbons (Fsp3) is 0.200. The van der Waals surface area contributed by atoms with Gasteiger partial charge in [0.1, 0.15) is 12.2 Å². The quantitative estimate of drug-likeness (QED) is 0.509. The van der Waals surface area contributed by atoms with Gasteiger partial charge in [-0.15, -0.1) is 0 Å². The Morgan fingerprint density at radius 1 is 1.24 bits per heavy atom. The van der Waals surface area contributed by atoms with E-state index < -0.39 is 41.3 Å². The predicted molar refractivity (Wildman–Crippen MR) is 48.0 cm³/mol. The third-order valence-corrected chi connectivity index (χ3v) is 1.92. The highest BCUT2D eigenvalue weighted by Gasteiger charge is 2.35. The monoisotopic (exact) mass is 250 g/mol. The molecule has 0 aliphatic heterocycles. The maximum atomic E-state index is 13.3. The van der Waals surface area contributed by atoms with Crippen molar-refractivity contribution in [2.45, 2.75) is 12.6 Å². The minimum atomic E-state index is -4.93. The molecule has 0 fully saturated rings. The van der Waals surface area contributed by atoms with E-state index in [9.17, 15) is 27.2 Å². The molecule has 17 heavy (non-hydrogen) atoms. The van der Waals surface area contributed by atoms with E-state index in [1.54, 1.807) is 0 Å². The molecule has 3 nitrogen and oxygen atoms in total. The lowest BCUT2D eigenvalue weighted by molar-refractivity contribution is -0.140. The van der Waals surface area contributed by atoms with Crippen molar-refractivity contribution in [2.24, 2.45) is 0 Å². The summed E-state index contributed by atoms with van der Waals surface area (Å²) in [5, 5.41) is 8.30. The summed E-state index contributed by atoms with van der Waals surface area (Å²) in [7, 11) is 0. The van der Waals surface area contributed by atoms with Gasteiger partial charge in [0.2, 0.25) is 0 Å². The summed E-state index contributed by atoms with van der Waals surface area (Å²) in [6.45, 7) is 0. The molecule has 0 heterocycles. The molecule has 1 aromatic carbocycles. The SMILES string of the molecule is O=C(O)CC(=O)c1cccc(C(F)(F)F)c1F. The molecular weight excluding hydrogens is 244 g/mol. The fourth-order valence-corrected chi connectivity index (χ4v) is 1.20. The molecule has 7 heteroatoms. The van der Waals surface area contributed by atoms with Crippen LogP contribution in [0.1, 0.15) is 22.3 Å². The molecule has 92 valence electrons. The normalized spacial score (nSPS) is 11.3. The van der Waals surface area contributed by atoms with Crippen LogP contribution in [0.4, 0.5) is 17.6 Å². The van der Waals surface area contributed by atoms with E-state index in [-0.39, 0.29) is 0 Å². The van der Waals surface area contributed by atoms with Crippen LogP contribution in [0.15, 0.2) is 18.2 Å².